The summed E-state index contributed by atoms with van der Waals surface area (Å²) in [6.45, 7) is 1.70. The van der Waals surface area contributed by atoms with E-state index < -0.39 is 11.7 Å². The first-order chi connectivity index (χ1) is 10.3. The van der Waals surface area contributed by atoms with E-state index in [-0.39, 0.29) is 5.82 Å². The van der Waals surface area contributed by atoms with E-state index in [1.165, 1.54) is 6.07 Å². The zero-order valence-corrected chi connectivity index (χ0v) is 12.8. The predicted molar refractivity (Wildman–Crippen MR) is 81.5 cm³/mol. The van der Waals surface area contributed by atoms with Crippen molar-refractivity contribution in [2.24, 2.45) is 5.10 Å². The second-order valence-electron chi connectivity index (χ2n) is 4.36. The average Bonchev–Trinajstić information content (AvgIpc) is 2.44. The predicted octanol–water partition coefficient (Wildman–Crippen LogP) is 5.24. The Kier molecular flexibility index (Phi) is 4.93. The second-order valence-corrected chi connectivity index (χ2v) is 5.21. The van der Waals surface area contributed by atoms with Crippen LogP contribution in [0.1, 0.15) is 18.1 Å². The number of rotatable bonds is 3. The molecule has 0 spiro atoms. The molecule has 0 amide bonds. The van der Waals surface area contributed by atoms with Crippen molar-refractivity contribution in [2.75, 3.05) is 5.43 Å². The third kappa shape index (κ3) is 4.11. The fourth-order valence-corrected chi connectivity index (χ4v) is 2.16. The van der Waals surface area contributed by atoms with Crippen LogP contribution in [0.3, 0.4) is 0 Å². The molecule has 8 heteroatoms. The van der Waals surface area contributed by atoms with Gasteiger partial charge in [0.1, 0.15) is 5.82 Å². The summed E-state index contributed by atoms with van der Waals surface area (Å²) in [6.07, 6.45) is -3.68. The Hall–Kier alpha value is -1.79. The first-order valence-electron chi connectivity index (χ1n) is 6.06. The third-order valence-corrected chi connectivity index (χ3v) is 3.30. The number of hydrogen-bond acceptors (Lipinski definition) is 3. The van der Waals surface area contributed by atoms with Crippen molar-refractivity contribution in [2.45, 2.75) is 13.1 Å². The van der Waals surface area contributed by atoms with E-state index in [1.807, 2.05) is 0 Å². The molecule has 3 nitrogen and oxygen atoms in total. The number of aromatic nitrogens is 1. The van der Waals surface area contributed by atoms with Gasteiger partial charge < -0.3 is 0 Å². The van der Waals surface area contributed by atoms with Crippen LogP contribution in [0.4, 0.5) is 19.0 Å². The van der Waals surface area contributed by atoms with E-state index in [0.29, 0.717) is 21.3 Å². The Morgan fingerprint density at radius 2 is 1.91 bits per heavy atom. The molecule has 0 radical (unpaired) electrons. The summed E-state index contributed by atoms with van der Waals surface area (Å²) in [5, 5.41) is 4.97. The Labute approximate surface area is 134 Å². The summed E-state index contributed by atoms with van der Waals surface area (Å²) in [7, 11) is 0. The number of nitrogens with one attached hydrogen (secondary N) is 1. The van der Waals surface area contributed by atoms with Crippen LogP contribution in [0, 0.1) is 0 Å². The van der Waals surface area contributed by atoms with E-state index in [1.54, 1.807) is 25.1 Å². The van der Waals surface area contributed by atoms with Gasteiger partial charge in [0.15, 0.2) is 0 Å². The first kappa shape index (κ1) is 16.6. The Morgan fingerprint density at radius 1 is 1.18 bits per heavy atom. The van der Waals surface area contributed by atoms with Crippen molar-refractivity contribution in [1.29, 1.82) is 0 Å². The lowest BCUT2D eigenvalue weighted by Gasteiger charge is -2.07. The van der Waals surface area contributed by atoms with E-state index >= 15 is 0 Å². The van der Waals surface area contributed by atoms with Crippen LogP contribution in [0.15, 0.2) is 41.6 Å². The third-order valence-electron chi connectivity index (χ3n) is 2.75. The second kappa shape index (κ2) is 6.54. The Bertz CT molecular complexity index is 697. The minimum Gasteiger partial charge on any atom is -0.261 e. The standard InChI is InChI=1S/C14H10Cl2F3N3/c1-8(11-4-3-10(15)6-12(11)16)21-22-13-5-2-9(7-20-13)14(17,18)19/h2-7H,1H3,(H,20,22)/b21-8-. The fourth-order valence-electron chi connectivity index (χ4n) is 1.61. The highest BCUT2D eigenvalue weighted by Gasteiger charge is 2.30. The molecular formula is C14H10Cl2F3N3. The molecule has 0 saturated heterocycles. The average molecular weight is 348 g/mol. The summed E-state index contributed by atoms with van der Waals surface area (Å²) < 4.78 is 37.3. The van der Waals surface area contributed by atoms with Crippen LogP contribution in [0.2, 0.25) is 10.0 Å². The molecule has 1 aromatic heterocycles. The van der Waals surface area contributed by atoms with Gasteiger partial charge in [0.25, 0.3) is 0 Å². The molecule has 1 aromatic carbocycles. The largest absolute Gasteiger partial charge is 0.417 e. The molecule has 0 aliphatic rings. The fraction of sp³-hybridized carbons (Fsp3) is 0.143. The summed E-state index contributed by atoms with van der Waals surface area (Å²) in [6, 6.07) is 7.07. The number of hydrazone groups is 1. The van der Waals surface area contributed by atoms with Gasteiger partial charge in [0.05, 0.1) is 16.3 Å². The van der Waals surface area contributed by atoms with Crippen LogP contribution in [0.5, 0.6) is 0 Å². The monoisotopic (exact) mass is 347 g/mol. The Balaban J connectivity index is 2.14. The van der Waals surface area contributed by atoms with Crippen molar-refractivity contribution < 1.29 is 13.2 Å². The summed E-state index contributed by atoms with van der Waals surface area (Å²) in [4.78, 5) is 3.66. The number of benzene rings is 1. The molecule has 2 aromatic rings. The van der Waals surface area contributed by atoms with E-state index in [2.05, 4.69) is 15.5 Å². The molecule has 1 N–H and O–H groups in total. The number of hydrogen-bond donors (Lipinski definition) is 1. The van der Waals surface area contributed by atoms with Crippen LogP contribution in [-0.2, 0) is 6.18 Å². The SMILES string of the molecule is C/C(=N/Nc1ccc(C(F)(F)F)cn1)c1ccc(Cl)cc1Cl. The van der Waals surface area contributed by atoms with Gasteiger partial charge in [-0.2, -0.15) is 18.3 Å². The smallest absolute Gasteiger partial charge is 0.261 e. The molecule has 1 heterocycles. The highest BCUT2D eigenvalue weighted by molar-refractivity contribution is 6.37. The van der Waals surface area contributed by atoms with E-state index in [9.17, 15) is 13.2 Å². The maximum absolute atomic E-state index is 12.4. The highest BCUT2D eigenvalue weighted by atomic mass is 35.5. The lowest BCUT2D eigenvalue weighted by Crippen LogP contribution is -2.06. The van der Waals surface area contributed by atoms with Crippen LogP contribution < -0.4 is 5.43 Å². The maximum atomic E-state index is 12.4. The van der Waals surface area contributed by atoms with Gasteiger partial charge in [-0.25, -0.2) is 4.98 Å². The lowest BCUT2D eigenvalue weighted by molar-refractivity contribution is -0.137. The summed E-state index contributed by atoms with van der Waals surface area (Å²) in [5.41, 5.74) is 2.96. The van der Waals surface area contributed by atoms with Crippen LogP contribution in [-0.4, -0.2) is 10.7 Å². The zero-order valence-electron chi connectivity index (χ0n) is 11.2. The number of pyridine rings is 1. The van der Waals surface area contributed by atoms with E-state index in [4.69, 9.17) is 23.2 Å². The lowest BCUT2D eigenvalue weighted by atomic mass is 10.1. The van der Waals surface area contributed by atoms with Crippen molar-refractivity contribution in [3.63, 3.8) is 0 Å². The van der Waals surface area contributed by atoms with Gasteiger partial charge >= 0.3 is 6.18 Å². The van der Waals surface area contributed by atoms with Gasteiger partial charge in [0.2, 0.25) is 0 Å². The number of anilines is 1. The molecule has 0 unspecified atom stereocenters. The van der Waals surface area contributed by atoms with Gasteiger partial charge in [0, 0.05) is 16.8 Å². The van der Waals surface area contributed by atoms with Crippen LogP contribution in [0.25, 0.3) is 0 Å². The molecule has 0 aliphatic heterocycles. The summed E-state index contributed by atoms with van der Waals surface area (Å²) in [5.74, 6) is 0.192. The van der Waals surface area contributed by atoms with E-state index in [0.717, 1.165) is 12.3 Å². The number of halogens is 5. The first-order valence-corrected chi connectivity index (χ1v) is 6.82. The molecule has 0 saturated carbocycles. The Morgan fingerprint density at radius 3 is 2.45 bits per heavy atom. The van der Waals surface area contributed by atoms with Crippen molar-refractivity contribution >= 4 is 34.7 Å². The van der Waals surface area contributed by atoms with Gasteiger partial charge in [-0.1, -0.05) is 29.3 Å². The molecule has 0 aliphatic carbocycles. The van der Waals surface area contributed by atoms with Gasteiger partial charge in [-0.05, 0) is 31.2 Å². The minimum atomic E-state index is -4.42. The molecule has 0 fully saturated rings. The molecule has 22 heavy (non-hydrogen) atoms. The maximum Gasteiger partial charge on any atom is 0.417 e. The van der Waals surface area contributed by atoms with Crippen molar-refractivity contribution in [3.8, 4) is 0 Å². The topological polar surface area (TPSA) is 37.3 Å². The highest BCUT2D eigenvalue weighted by Crippen LogP contribution is 2.28. The number of nitrogens with zero attached hydrogens (tertiary/aromatic N) is 2. The van der Waals surface area contributed by atoms with Gasteiger partial charge in [-0.3, -0.25) is 5.43 Å². The quantitative estimate of drug-likeness (QED) is 0.608. The molecule has 2 rings (SSSR count). The molecule has 0 bridgehead atoms. The minimum absolute atomic E-state index is 0.192. The molecular weight excluding hydrogens is 338 g/mol. The number of alkyl halides is 3. The normalized spacial score (nSPS) is 12.4. The van der Waals surface area contributed by atoms with Crippen molar-refractivity contribution in [3.05, 3.63) is 57.7 Å². The van der Waals surface area contributed by atoms with Crippen molar-refractivity contribution in [1.82, 2.24) is 4.98 Å². The van der Waals surface area contributed by atoms with Crippen LogP contribution >= 0.6 is 23.2 Å². The van der Waals surface area contributed by atoms with Gasteiger partial charge in [-0.15, -0.1) is 0 Å². The molecule has 116 valence electrons. The summed E-state index contributed by atoms with van der Waals surface area (Å²) >= 11 is 11.8. The molecule has 0 atom stereocenters. The zero-order chi connectivity index (χ0) is 16.3.